The molecule has 0 aliphatic heterocycles. The Morgan fingerprint density at radius 3 is 2.79 bits per heavy atom. The van der Waals surface area contributed by atoms with Crippen molar-refractivity contribution in [1.29, 1.82) is 0 Å². The molecule has 0 bridgehead atoms. The number of amides is 1. The van der Waals surface area contributed by atoms with Gasteiger partial charge in [-0.15, -0.1) is 0 Å². The number of benzene rings is 1. The molecule has 0 unspecified atom stereocenters. The molecule has 0 atom stereocenters. The fourth-order valence-corrected chi connectivity index (χ4v) is 3.09. The molecule has 7 nitrogen and oxygen atoms in total. The molecule has 0 aliphatic rings. The van der Waals surface area contributed by atoms with Crippen molar-refractivity contribution in [2.75, 3.05) is 19.4 Å². The number of aromatic amines is 1. The molecular weight excluding hydrogens is 364 g/mol. The Morgan fingerprint density at radius 2 is 1.97 bits per heavy atom. The Bertz CT molecular complexity index is 1210. The summed E-state index contributed by atoms with van der Waals surface area (Å²) in [5.74, 6) is 0.616. The van der Waals surface area contributed by atoms with Crippen molar-refractivity contribution in [3.63, 3.8) is 0 Å². The number of nitrogens with one attached hydrogen (secondary N) is 3. The number of nitrogens with zero attached hydrogens (tertiary/aromatic N) is 3. The number of fused-ring (bicyclic) bond motifs is 1. The second kappa shape index (κ2) is 7.93. The minimum Gasteiger partial charge on any atom is -0.373 e. The molecule has 0 aliphatic carbocycles. The predicted octanol–water partition coefficient (Wildman–Crippen LogP) is 3.49. The summed E-state index contributed by atoms with van der Waals surface area (Å²) >= 11 is 0. The zero-order valence-electron chi connectivity index (χ0n) is 16.1. The third-order valence-corrected chi connectivity index (χ3v) is 4.62. The highest BCUT2D eigenvalue weighted by Gasteiger charge is 2.11. The highest BCUT2D eigenvalue weighted by Crippen LogP contribution is 2.30. The van der Waals surface area contributed by atoms with Crippen molar-refractivity contribution in [2.45, 2.75) is 0 Å². The molecule has 3 N–H and O–H groups in total. The van der Waals surface area contributed by atoms with Gasteiger partial charge in [0.15, 0.2) is 0 Å². The Labute approximate surface area is 167 Å². The molecule has 0 saturated carbocycles. The van der Waals surface area contributed by atoms with E-state index in [1.54, 1.807) is 19.5 Å². The molecule has 0 spiro atoms. The SMILES string of the molecule is CNC(=O)C=Cc1cccc(-c2cnc3[nH]cc(-c4cc(NC)ncn4)c3c2)c1. The number of pyridine rings is 1. The first-order valence-electron chi connectivity index (χ1n) is 9.15. The van der Waals surface area contributed by atoms with E-state index in [2.05, 4.69) is 36.6 Å². The van der Waals surface area contributed by atoms with Crippen molar-refractivity contribution in [3.05, 3.63) is 66.8 Å². The third kappa shape index (κ3) is 3.84. The number of carbonyl (C=O) groups is 1. The average Bonchev–Trinajstić information content (AvgIpc) is 3.21. The maximum atomic E-state index is 11.4. The van der Waals surface area contributed by atoms with E-state index >= 15 is 0 Å². The predicted molar refractivity (Wildman–Crippen MR) is 115 cm³/mol. The lowest BCUT2D eigenvalue weighted by Gasteiger charge is -2.05. The summed E-state index contributed by atoms with van der Waals surface area (Å²) in [6, 6.07) is 12.0. The third-order valence-electron chi connectivity index (χ3n) is 4.62. The van der Waals surface area contributed by atoms with Gasteiger partial charge in [0.2, 0.25) is 5.91 Å². The Morgan fingerprint density at radius 1 is 1.07 bits per heavy atom. The van der Waals surface area contributed by atoms with E-state index in [-0.39, 0.29) is 5.91 Å². The lowest BCUT2D eigenvalue weighted by molar-refractivity contribution is -0.115. The van der Waals surface area contributed by atoms with E-state index in [0.29, 0.717) is 0 Å². The molecule has 0 saturated heterocycles. The van der Waals surface area contributed by atoms with E-state index in [4.69, 9.17) is 0 Å². The van der Waals surface area contributed by atoms with Crippen molar-refractivity contribution in [1.82, 2.24) is 25.3 Å². The van der Waals surface area contributed by atoms with E-state index in [0.717, 1.165) is 44.8 Å². The molecule has 7 heteroatoms. The first kappa shape index (κ1) is 18.4. The van der Waals surface area contributed by atoms with Gasteiger partial charge >= 0.3 is 0 Å². The van der Waals surface area contributed by atoms with E-state index in [1.807, 2.05) is 49.8 Å². The van der Waals surface area contributed by atoms with Gasteiger partial charge in [0.1, 0.15) is 17.8 Å². The monoisotopic (exact) mass is 384 g/mol. The van der Waals surface area contributed by atoms with Crippen molar-refractivity contribution in [2.24, 2.45) is 0 Å². The van der Waals surface area contributed by atoms with Crippen LogP contribution in [0.1, 0.15) is 5.56 Å². The van der Waals surface area contributed by atoms with Crippen LogP contribution in [-0.2, 0) is 4.79 Å². The molecule has 1 aromatic carbocycles. The highest BCUT2D eigenvalue weighted by molar-refractivity contribution is 5.95. The Balaban J connectivity index is 1.74. The lowest BCUT2D eigenvalue weighted by atomic mass is 10.0. The first-order valence-corrected chi connectivity index (χ1v) is 9.15. The highest BCUT2D eigenvalue weighted by atomic mass is 16.1. The molecule has 0 fully saturated rings. The minimum absolute atomic E-state index is 0.138. The zero-order chi connectivity index (χ0) is 20.2. The van der Waals surface area contributed by atoms with Crippen LogP contribution >= 0.6 is 0 Å². The van der Waals surface area contributed by atoms with Crippen LogP contribution in [-0.4, -0.2) is 39.9 Å². The van der Waals surface area contributed by atoms with Gasteiger partial charge in [0, 0.05) is 55.1 Å². The number of anilines is 1. The fraction of sp³-hybridized carbons (Fsp3) is 0.0909. The number of hydrogen-bond acceptors (Lipinski definition) is 5. The van der Waals surface area contributed by atoms with Crippen LogP contribution in [0, 0.1) is 0 Å². The van der Waals surface area contributed by atoms with Crippen LogP contribution in [0.4, 0.5) is 5.82 Å². The summed E-state index contributed by atoms with van der Waals surface area (Å²) in [6.07, 6.45) is 8.59. The van der Waals surface area contributed by atoms with E-state index < -0.39 is 0 Å². The number of likely N-dealkylation sites (N-methyl/N-ethyl adjacent to an activating group) is 1. The standard InChI is InChI=1S/C22H20N6O/c1-23-20-10-19(27-13-28-20)18-12-26-22-17(18)9-16(11-25-22)15-5-3-4-14(8-15)6-7-21(29)24-2/h3-13H,1-2H3,(H,24,29)(H,25,26)(H,23,27,28). The van der Waals surface area contributed by atoms with Gasteiger partial charge < -0.3 is 15.6 Å². The number of rotatable bonds is 5. The minimum atomic E-state index is -0.138. The Kier molecular flexibility index (Phi) is 5.03. The van der Waals surface area contributed by atoms with Gasteiger partial charge in [0.05, 0.1) is 5.69 Å². The van der Waals surface area contributed by atoms with Gasteiger partial charge in [-0.1, -0.05) is 18.2 Å². The van der Waals surface area contributed by atoms with Gasteiger partial charge in [-0.2, -0.15) is 0 Å². The van der Waals surface area contributed by atoms with Crippen LogP contribution < -0.4 is 10.6 Å². The number of aromatic nitrogens is 4. The molecule has 3 aromatic heterocycles. The maximum Gasteiger partial charge on any atom is 0.243 e. The normalized spacial score (nSPS) is 11.1. The molecule has 3 heterocycles. The zero-order valence-corrected chi connectivity index (χ0v) is 16.1. The topological polar surface area (TPSA) is 95.6 Å². The van der Waals surface area contributed by atoms with Gasteiger partial charge in [-0.3, -0.25) is 4.79 Å². The maximum absolute atomic E-state index is 11.4. The Hall–Kier alpha value is -4.00. The van der Waals surface area contributed by atoms with Crippen molar-refractivity contribution >= 4 is 28.8 Å². The lowest BCUT2D eigenvalue weighted by Crippen LogP contribution is -2.13. The van der Waals surface area contributed by atoms with E-state index in [1.165, 1.54) is 6.08 Å². The molecule has 4 rings (SSSR count). The van der Waals surface area contributed by atoms with Crippen LogP contribution in [0.15, 0.2) is 61.2 Å². The van der Waals surface area contributed by atoms with Crippen LogP contribution in [0.3, 0.4) is 0 Å². The number of H-pyrrole nitrogens is 1. The summed E-state index contributed by atoms with van der Waals surface area (Å²) in [6.45, 7) is 0. The fourth-order valence-electron chi connectivity index (χ4n) is 3.09. The van der Waals surface area contributed by atoms with Crippen LogP contribution in [0.2, 0.25) is 0 Å². The molecule has 1 amide bonds. The summed E-state index contributed by atoms with van der Waals surface area (Å²) in [5.41, 5.74) is 5.51. The smallest absolute Gasteiger partial charge is 0.243 e. The number of hydrogen-bond donors (Lipinski definition) is 3. The summed E-state index contributed by atoms with van der Waals surface area (Å²) in [7, 11) is 3.43. The second-order valence-electron chi connectivity index (χ2n) is 6.43. The van der Waals surface area contributed by atoms with Crippen LogP contribution in [0.5, 0.6) is 0 Å². The largest absolute Gasteiger partial charge is 0.373 e. The van der Waals surface area contributed by atoms with E-state index in [9.17, 15) is 4.79 Å². The van der Waals surface area contributed by atoms with Crippen molar-refractivity contribution in [3.8, 4) is 22.4 Å². The molecule has 0 radical (unpaired) electrons. The molecule has 144 valence electrons. The number of carbonyl (C=O) groups excluding carboxylic acids is 1. The summed E-state index contributed by atoms with van der Waals surface area (Å²) in [4.78, 5) is 27.8. The van der Waals surface area contributed by atoms with Gasteiger partial charge in [0.25, 0.3) is 0 Å². The first-order chi connectivity index (χ1) is 14.2. The van der Waals surface area contributed by atoms with Crippen molar-refractivity contribution < 1.29 is 4.79 Å². The van der Waals surface area contributed by atoms with Gasteiger partial charge in [-0.05, 0) is 29.3 Å². The average molecular weight is 384 g/mol. The quantitative estimate of drug-likeness (QED) is 0.458. The second-order valence-corrected chi connectivity index (χ2v) is 6.43. The molecule has 29 heavy (non-hydrogen) atoms. The molecular formula is C22H20N6O. The van der Waals surface area contributed by atoms with Gasteiger partial charge in [-0.25, -0.2) is 15.0 Å². The summed E-state index contributed by atoms with van der Waals surface area (Å²) < 4.78 is 0. The summed E-state index contributed by atoms with van der Waals surface area (Å²) in [5, 5.41) is 6.59. The van der Waals surface area contributed by atoms with Crippen LogP contribution in [0.25, 0.3) is 39.5 Å². The molecule has 4 aromatic rings.